The van der Waals surface area contributed by atoms with Gasteiger partial charge in [-0.1, -0.05) is 17.2 Å². The van der Waals surface area contributed by atoms with Gasteiger partial charge < -0.3 is 18.8 Å². The number of nitrogens with zero attached hydrogens (tertiary/aromatic N) is 4. The molecule has 3 fully saturated rings. The highest BCUT2D eigenvalue weighted by molar-refractivity contribution is 5.92. The summed E-state index contributed by atoms with van der Waals surface area (Å²) in [6.45, 7) is 7.12. The number of amides is 2. The van der Waals surface area contributed by atoms with Crippen LogP contribution in [0.5, 0.6) is 0 Å². The second-order valence-electron chi connectivity index (χ2n) is 7.44. The average Bonchev–Trinajstić information content (AvgIpc) is 3.15. The Labute approximate surface area is 157 Å². The van der Waals surface area contributed by atoms with E-state index in [9.17, 15) is 9.59 Å². The Morgan fingerprint density at radius 1 is 1.22 bits per heavy atom. The van der Waals surface area contributed by atoms with Crippen molar-refractivity contribution in [3.63, 3.8) is 0 Å². The van der Waals surface area contributed by atoms with E-state index in [1.54, 1.807) is 11.0 Å². The predicted octanol–water partition coefficient (Wildman–Crippen LogP) is 2.11. The highest BCUT2D eigenvalue weighted by Crippen LogP contribution is 2.32. The van der Waals surface area contributed by atoms with Crippen molar-refractivity contribution in [2.45, 2.75) is 52.6 Å². The molecule has 0 N–H and O–H groups in total. The molecular weight excluding hydrogens is 348 g/mol. The number of piperidine rings is 1. The Hall–Kier alpha value is -2.64. The SMILES string of the molecule is CCc1cc(C(=O)N2C[C@@H]3CC[C@H](C2)N(Cc2c(C)noc2C)C3=O)on1. The number of fused-ring (bicyclic) bond motifs is 4. The van der Waals surface area contributed by atoms with Crippen molar-refractivity contribution in [1.29, 1.82) is 0 Å². The molecule has 8 nitrogen and oxygen atoms in total. The van der Waals surface area contributed by atoms with Crippen molar-refractivity contribution >= 4 is 11.8 Å². The van der Waals surface area contributed by atoms with Gasteiger partial charge in [0.05, 0.1) is 23.9 Å². The molecule has 2 aromatic heterocycles. The molecule has 0 aliphatic carbocycles. The summed E-state index contributed by atoms with van der Waals surface area (Å²) in [6.07, 6.45) is 2.41. The molecule has 3 aliphatic rings. The number of hydrogen-bond acceptors (Lipinski definition) is 6. The fraction of sp³-hybridized carbons (Fsp3) is 0.579. The third-order valence-electron chi connectivity index (χ3n) is 5.72. The summed E-state index contributed by atoms with van der Waals surface area (Å²) in [5.41, 5.74) is 2.52. The molecule has 5 rings (SSSR count). The molecule has 27 heavy (non-hydrogen) atoms. The zero-order valence-electron chi connectivity index (χ0n) is 15.9. The van der Waals surface area contributed by atoms with Crippen LogP contribution in [0, 0.1) is 19.8 Å². The molecule has 8 heteroatoms. The molecule has 0 aromatic carbocycles. The minimum absolute atomic E-state index is 0.0116. The number of aryl methyl sites for hydroxylation is 3. The van der Waals surface area contributed by atoms with Crippen molar-refractivity contribution in [3.8, 4) is 0 Å². The van der Waals surface area contributed by atoms with Gasteiger partial charge in [-0.05, 0) is 33.1 Å². The van der Waals surface area contributed by atoms with E-state index in [4.69, 9.17) is 9.05 Å². The van der Waals surface area contributed by atoms with Crippen molar-refractivity contribution in [1.82, 2.24) is 20.1 Å². The zero-order chi connectivity index (χ0) is 19.1. The largest absolute Gasteiger partial charge is 0.361 e. The molecule has 5 heterocycles. The lowest BCUT2D eigenvalue weighted by atomic mass is 9.93. The van der Waals surface area contributed by atoms with Crippen LogP contribution in [0.4, 0.5) is 0 Å². The Balaban J connectivity index is 1.56. The lowest BCUT2D eigenvalue weighted by Crippen LogP contribution is -2.47. The van der Waals surface area contributed by atoms with Gasteiger partial charge in [0, 0.05) is 30.8 Å². The van der Waals surface area contributed by atoms with Gasteiger partial charge in [-0.25, -0.2) is 0 Å². The number of hydrogen-bond donors (Lipinski definition) is 0. The maximum absolute atomic E-state index is 13.0. The summed E-state index contributed by atoms with van der Waals surface area (Å²) >= 11 is 0. The molecule has 2 amide bonds. The predicted molar refractivity (Wildman–Crippen MR) is 94.8 cm³/mol. The first-order valence-corrected chi connectivity index (χ1v) is 9.45. The summed E-state index contributed by atoms with van der Waals surface area (Å²) < 4.78 is 10.5. The highest BCUT2D eigenvalue weighted by Gasteiger charge is 2.43. The molecular formula is C19H24N4O4. The van der Waals surface area contributed by atoms with Crippen LogP contribution >= 0.6 is 0 Å². The second kappa shape index (κ2) is 6.83. The van der Waals surface area contributed by atoms with Crippen molar-refractivity contribution in [2.24, 2.45) is 5.92 Å². The van der Waals surface area contributed by atoms with Gasteiger partial charge in [0.1, 0.15) is 5.76 Å². The lowest BCUT2D eigenvalue weighted by Gasteiger charge is -2.35. The van der Waals surface area contributed by atoms with Crippen LogP contribution in [-0.4, -0.2) is 51.1 Å². The van der Waals surface area contributed by atoms with E-state index >= 15 is 0 Å². The Morgan fingerprint density at radius 2 is 2.04 bits per heavy atom. The van der Waals surface area contributed by atoms with Crippen LogP contribution < -0.4 is 0 Å². The molecule has 3 saturated heterocycles. The first-order valence-electron chi connectivity index (χ1n) is 9.45. The molecule has 0 spiro atoms. The van der Waals surface area contributed by atoms with Crippen molar-refractivity contribution in [3.05, 3.63) is 34.5 Å². The number of carbonyl (C=O) groups is 2. The smallest absolute Gasteiger partial charge is 0.292 e. The molecule has 3 aliphatic heterocycles. The molecule has 2 aromatic rings. The van der Waals surface area contributed by atoms with E-state index in [-0.39, 0.29) is 29.5 Å². The van der Waals surface area contributed by atoms with E-state index in [0.717, 1.165) is 35.6 Å². The molecule has 2 atom stereocenters. The van der Waals surface area contributed by atoms with Crippen molar-refractivity contribution < 1.29 is 18.6 Å². The molecule has 0 saturated carbocycles. The zero-order valence-corrected chi connectivity index (χ0v) is 15.9. The molecule has 0 radical (unpaired) electrons. The summed E-state index contributed by atoms with van der Waals surface area (Å²) in [7, 11) is 0. The number of aromatic nitrogens is 2. The van der Waals surface area contributed by atoms with Gasteiger partial charge in [-0.3, -0.25) is 9.59 Å². The maximum atomic E-state index is 13.0. The van der Waals surface area contributed by atoms with Crippen LogP contribution in [0.1, 0.15) is 53.0 Å². The summed E-state index contributed by atoms with van der Waals surface area (Å²) in [6, 6.07) is 1.68. The van der Waals surface area contributed by atoms with Gasteiger partial charge in [0.2, 0.25) is 11.7 Å². The minimum Gasteiger partial charge on any atom is -0.361 e. The van der Waals surface area contributed by atoms with Gasteiger partial charge in [0.25, 0.3) is 5.91 Å². The van der Waals surface area contributed by atoms with Crippen LogP contribution in [0.3, 0.4) is 0 Å². The average molecular weight is 372 g/mol. The highest BCUT2D eigenvalue weighted by atomic mass is 16.5. The van der Waals surface area contributed by atoms with E-state index in [0.29, 0.717) is 26.1 Å². The number of carbonyl (C=O) groups excluding carboxylic acids is 2. The Morgan fingerprint density at radius 3 is 2.70 bits per heavy atom. The second-order valence-corrected chi connectivity index (χ2v) is 7.44. The van der Waals surface area contributed by atoms with E-state index in [1.165, 1.54) is 0 Å². The monoisotopic (exact) mass is 372 g/mol. The van der Waals surface area contributed by atoms with Gasteiger partial charge in [-0.2, -0.15) is 0 Å². The van der Waals surface area contributed by atoms with E-state index in [1.807, 2.05) is 25.7 Å². The Kier molecular flexibility index (Phi) is 4.49. The summed E-state index contributed by atoms with van der Waals surface area (Å²) in [5.74, 6) is 0.723. The van der Waals surface area contributed by atoms with E-state index < -0.39 is 0 Å². The third kappa shape index (κ3) is 3.13. The lowest BCUT2D eigenvalue weighted by molar-refractivity contribution is -0.140. The molecule has 2 bridgehead atoms. The van der Waals surface area contributed by atoms with Crippen LogP contribution in [0.2, 0.25) is 0 Å². The summed E-state index contributed by atoms with van der Waals surface area (Å²) in [5, 5.41) is 7.90. The molecule has 0 unspecified atom stereocenters. The van der Waals surface area contributed by atoms with Gasteiger partial charge in [0.15, 0.2) is 0 Å². The third-order valence-corrected chi connectivity index (χ3v) is 5.72. The van der Waals surface area contributed by atoms with Crippen LogP contribution in [0.15, 0.2) is 15.1 Å². The van der Waals surface area contributed by atoms with Gasteiger partial charge >= 0.3 is 0 Å². The van der Waals surface area contributed by atoms with Gasteiger partial charge in [-0.15, -0.1) is 0 Å². The van der Waals surface area contributed by atoms with E-state index in [2.05, 4.69) is 10.3 Å². The Bertz CT molecular complexity index is 851. The van der Waals surface area contributed by atoms with Crippen LogP contribution in [-0.2, 0) is 17.8 Å². The summed E-state index contributed by atoms with van der Waals surface area (Å²) in [4.78, 5) is 29.5. The van der Waals surface area contributed by atoms with Crippen molar-refractivity contribution in [2.75, 3.05) is 13.1 Å². The quantitative estimate of drug-likeness (QED) is 0.816. The first kappa shape index (κ1) is 17.8. The normalized spacial score (nSPS) is 22.4. The maximum Gasteiger partial charge on any atom is 0.292 e. The van der Waals surface area contributed by atoms with Crippen LogP contribution in [0.25, 0.3) is 0 Å². The fourth-order valence-electron chi connectivity index (χ4n) is 4.05. The topological polar surface area (TPSA) is 92.7 Å². The fourth-order valence-corrected chi connectivity index (χ4v) is 4.05. The minimum atomic E-state index is -0.189. The standard InChI is InChI=1S/C19H24N4O4/c1-4-14-7-17(27-21-14)19(25)22-8-13-5-6-15(9-22)23(18(13)24)10-16-11(2)20-26-12(16)3/h7,13,15H,4-6,8-10H2,1-3H3/t13-,15+/m0/s1. The first-order chi connectivity index (χ1) is 13.0. The number of rotatable bonds is 4. The molecule has 144 valence electrons.